The Balaban J connectivity index is 1.83. The van der Waals surface area contributed by atoms with E-state index in [0.29, 0.717) is 5.56 Å². The Morgan fingerprint density at radius 2 is 2.16 bits per heavy atom. The summed E-state index contributed by atoms with van der Waals surface area (Å²) in [6, 6.07) is 8.87. The van der Waals surface area contributed by atoms with Gasteiger partial charge in [-0.2, -0.15) is 5.26 Å². The van der Waals surface area contributed by atoms with Crippen molar-refractivity contribution < 1.29 is 22.3 Å². The number of aliphatic imine (C=N–C) groups is 1. The van der Waals surface area contributed by atoms with E-state index < -0.39 is 26.6 Å². The van der Waals surface area contributed by atoms with Crippen molar-refractivity contribution in [3.05, 3.63) is 53.5 Å². The Hall–Kier alpha value is -3.23. The van der Waals surface area contributed by atoms with Crippen LogP contribution in [-0.4, -0.2) is 48.7 Å². The highest BCUT2D eigenvalue weighted by molar-refractivity contribution is 7.90. The van der Waals surface area contributed by atoms with Crippen LogP contribution < -0.4 is 10.5 Å². The number of aromatic nitrogens is 1. The molecular weight excluding hydrogens is 425 g/mol. The predicted molar refractivity (Wildman–Crippen MR) is 109 cm³/mol. The van der Waals surface area contributed by atoms with E-state index in [2.05, 4.69) is 9.98 Å². The number of ether oxygens (including phenoxy) is 2. The number of halogens is 1. The monoisotopic (exact) mass is 445 g/mol. The van der Waals surface area contributed by atoms with Gasteiger partial charge in [-0.1, -0.05) is 0 Å². The minimum Gasteiger partial charge on any atom is -0.439 e. The Morgan fingerprint density at radius 3 is 2.90 bits per heavy atom. The van der Waals surface area contributed by atoms with Gasteiger partial charge in [-0.3, -0.25) is 0 Å². The molecule has 162 valence electrons. The van der Waals surface area contributed by atoms with Gasteiger partial charge in [-0.15, -0.1) is 0 Å². The molecule has 0 spiro atoms. The molecule has 3 atom stereocenters. The van der Waals surface area contributed by atoms with Crippen molar-refractivity contribution >= 4 is 16.0 Å². The molecule has 0 saturated carbocycles. The minimum atomic E-state index is -3.91. The third-order valence-electron chi connectivity index (χ3n) is 5.54. The van der Waals surface area contributed by atoms with E-state index in [4.69, 9.17) is 20.5 Å². The average molecular weight is 445 g/mol. The normalized spacial score (nSPS) is 27.0. The van der Waals surface area contributed by atoms with Crippen LogP contribution in [0.25, 0.3) is 0 Å². The minimum absolute atomic E-state index is 0.00189. The Kier molecular flexibility index (Phi) is 5.07. The first kappa shape index (κ1) is 21.0. The van der Waals surface area contributed by atoms with Gasteiger partial charge in [0, 0.05) is 24.9 Å². The van der Waals surface area contributed by atoms with Crippen molar-refractivity contribution in [3.63, 3.8) is 0 Å². The van der Waals surface area contributed by atoms with Gasteiger partial charge in [-0.25, -0.2) is 27.1 Å². The molecule has 0 radical (unpaired) electrons. The summed E-state index contributed by atoms with van der Waals surface area (Å²) in [4.78, 5) is 8.46. The maximum absolute atomic E-state index is 15.1. The van der Waals surface area contributed by atoms with Crippen molar-refractivity contribution in [3.8, 4) is 17.7 Å². The molecule has 31 heavy (non-hydrogen) atoms. The first-order chi connectivity index (χ1) is 14.7. The van der Waals surface area contributed by atoms with E-state index >= 15 is 4.39 Å². The SMILES string of the molecule is C[C@H]1C[C@@H]2[C@](c3cc(Oc4cc(C#N)ccn4)ccc3F)(CO1)N=C(N)N(C)S2(=O)=O. The van der Waals surface area contributed by atoms with Crippen LogP contribution in [0.15, 0.2) is 41.5 Å². The Bertz CT molecular complexity index is 1210. The number of pyridine rings is 1. The van der Waals surface area contributed by atoms with E-state index in [0.717, 1.165) is 4.31 Å². The second kappa shape index (κ2) is 7.47. The molecular formula is C20H20FN5O4S. The second-order valence-electron chi connectivity index (χ2n) is 7.49. The number of fused-ring (bicyclic) bond motifs is 1. The zero-order valence-corrected chi connectivity index (χ0v) is 17.6. The van der Waals surface area contributed by atoms with Gasteiger partial charge in [0.2, 0.25) is 21.9 Å². The lowest BCUT2D eigenvalue weighted by Gasteiger charge is -2.47. The number of rotatable bonds is 3. The van der Waals surface area contributed by atoms with Gasteiger partial charge in [-0.05, 0) is 37.6 Å². The number of nitriles is 1. The lowest BCUT2D eigenvalue weighted by Crippen LogP contribution is -2.62. The maximum Gasteiger partial charge on any atom is 0.243 e. The molecule has 1 fully saturated rings. The number of guanidine groups is 1. The quantitative estimate of drug-likeness (QED) is 0.763. The summed E-state index contributed by atoms with van der Waals surface area (Å²) in [5.41, 5.74) is 4.69. The van der Waals surface area contributed by atoms with E-state index in [1.165, 1.54) is 43.6 Å². The topological polar surface area (TPSA) is 131 Å². The fraction of sp³-hybridized carbons (Fsp3) is 0.350. The molecule has 2 aliphatic heterocycles. The molecule has 1 aromatic carbocycles. The van der Waals surface area contributed by atoms with Gasteiger partial charge in [0.15, 0.2) is 0 Å². The number of nitrogens with zero attached hydrogens (tertiary/aromatic N) is 4. The largest absolute Gasteiger partial charge is 0.439 e. The molecule has 0 unspecified atom stereocenters. The van der Waals surface area contributed by atoms with Crippen LogP contribution in [-0.2, 0) is 20.3 Å². The first-order valence-electron chi connectivity index (χ1n) is 9.46. The summed E-state index contributed by atoms with van der Waals surface area (Å²) >= 11 is 0. The van der Waals surface area contributed by atoms with Crippen LogP contribution >= 0.6 is 0 Å². The fourth-order valence-corrected chi connectivity index (χ4v) is 5.80. The smallest absolute Gasteiger partial charge is 0.243 e. The number of nitrogens with two attached hydrogens (primary N) is 1. The molecule has 1 aromatic heterocycles. The second-order valence-corrected chi connectivity index (χ2v) is 9.64. The average Bonchev–Trinajstić information content (AvgIpc) is 2.75. The third-order valence-corrected chi connectivity index (χ3v) is 7.79. The summed E-state index contributed by atoms with van der Waals surface area (Å²) in [6.45, 7) is 1.60. The van der Waals surface area contributed by atoms with Crippen molar-refractivity contribution in [2.24, 2.45) is 10.7 Å². The standard InChI is InChI=1S/C20H20FN5O4S/c1-12-7-17-20(11-29-12,25-19(23)26(2)31(17,27)28)15-9-14(3-4-16(15)21)30-18-8-13(10-22)5-6-24-18/h3-6,8-9,12,17H,7,11H2,1-2H3,(H2,23,25)/t12-,17+,20+/m0/s1. The number of benzene rings is 1. The van der Waals surface area contributed by atoms with Crippen LogP contribution in [0.2, 0.25) is 0 Å². The Morgan fingerprint density at radius 1 is 1.39 bits per heavy atom. The molecule has 0 aliphatic carbocycles. The fourth-order valence-electron chi connectivity index (χ4n) is 3.86. The van der Waals surface area contributed by atoms with Crippen LogP contribution in [0.4, 0.5) is 4.39 Å². The van der Waals surface area contributed by atoms with Crippen molar-refractivity contribution in [2.45, 2.75) is 30.2 Å². The summed E-state index contributed by atoms with van der Waals surface area (Å²) in [7, 11) is -2.59. The lowest BCUT2D eigenvalue weighted by molar-refractivity contribution is -0.0189. The van der Waals surface area contributed by atoms with Crippen LogP contribution in [0, 0.1) is 17.1 Å². The first-order valence-corrected chi connectivity index (χ1v) is 11.0. The van der Waals surface area contributed by atoms with Gasteiger partial charge in [0.05, 0.1) is 24.3 Å². The molecule has 2 aliphatic rings. The number of sulfonamides is 1. The molecule has 9 nitrogen and oxygen atoms in total. The molecule has 2 aromatic rings. The van der Waals surface area contributed by atoms with E-state index in [9.17, 15) is 8.42 Å². The van der Waals surface area contributed by atoms with Gasteiger partial charge in [0.25, 0.3) is 0 Å². The molecule has 2 N–H and O–H groups in total. The summed E-state index contributed by atoms with van der Waals surface area (Å²) in [5.74, 6) is -0.567. The number of hydrogen-bond donors (Lipinski definition) is 1. The highest BCUT2D eigenvalue weighted by Crippen LogP contribution is 2.45. The van der Waals surface area contributed by atoms with Gasteiger partial charge >= 0.3 is 0 Å². The van der Waals surface area contributed by atoms with Crippen molar-refractivity contribution in [1.82, 2.24) is 9.29 Å². The highest BCUT2D eigenvalue weighted by Gasteiger charge is 2.57. The third kappa shape index (κ3) is 3.47. The maximum atomic E-state index is 15.1. The molecule has 0 amide bonds. The van der Waals surface area contributed by atoms with Crippen LogP contribution in [0.1, 0.15) is 24.5 Å². The number of hydrogen-bond acceptors (Lipinski definition) is 8. The predicted octanol–water partition coefficient (Wildman–Crippen LogP) is 1.85. The van der Waals surface area contributed by atoms with Crippen LogP contribution in [0.3, 0.4) is 0 Å². The van der Waals surface area contributed by atoms with E-state index in [1.807, 2.05) is 6.07 Å². The van der Waals surface area contributed by atoms with Crippen LogP contribution in [0.5, 0.6) is 11.6 Å². The molecule has 0 bridgehead atoms. The molecule has 3 heterocycles. The molecule has 11 heteroatoms. The lowest BCUT2D eigenvalue weighted by atomic mass is 9.82. The zero-order valence-electron chi connectivity index (χ0n) is 16.8. The summed E-state index contributed by atoms with van der Waals surface area (Å²) in [5, 5.41) is 7.98. The molecule has 4 rings (SSSR count). The van der Waals surface area contributed by atoms with E-state index in [1.54, 1.807) is 6.92 Å². The zero-order chi connectivity index (χ0) is 22.4. The summed E-state index contributed by atoms with van der Waals surface area (Å²) < 4.78 is 53.7. The Labute approximate surface area is 179 Å². The van der Waals surface area contributed by atoms with Crippen molar-refractivity contribution in [1.29, 1.82) is 5.26 Å². The van der Waals surface area contributed by atoms with Crippen molar-refractivity contribution in [2.75, 3.05) is 13.7 Å². The highest BCUT2D eigenvalue weighted by atomic mass is 32.2. The summed E-state index contributed by atoms with van der Waals surface area (Å²) in [6.07, 6.45) is 1.19. The molecule has 1 saturated heterocycles. The van der Waals surface area contributed by atoms with Gasteiger partial charge < -0.3 is 15.2 Å². The van der Waals surface area contributed by atoms with Gasteiger partial charge in [0.1, 0.15) is 22.4 Å². The van der Waals surface area contributed by atoms with E-state index in [-0.39, 0.29) is 42.3 Å².